The van der Waals surface area contributed by atoms with Crippen LogP contribution in [0.5, 0.6) is 0 Å². The molecule has 18 heavy (non-hydrogen) atoms. The SMILES string of the molecule is Cc1ccc([C@@H](O)[C@H](O)c2ccc(C)cc2)cc1. The molecule has 0 aliphatic carbocycles. The van der Waals surface area contributed by atoms with E-state index in [4.69, 9.17) is 0 Å². The highest BCUT2D eigenvalue weighted by molar-refractivity contribution is 5.28. The fraction of sp³-hybridized carbons (Fsp3) is 0.250. The normalized spacial score (nSPS) is 14.2. The van der Waals surface area contributed by atoms with Crippen LogP contribution in [0.25, 0.3) is 0 Å². The Morgan fingerprint density at radius 2 is 0.889 bits per heavy atom. The summed E-state index contributed by atoms with van der Waals surface area (Å²) in [6.45, 7) is 3.99. The van der Waals surface area contributed by atoms with Crippen LogP contribution in [0, 0.1) is 13.8 Å². The highest BCUT2D eigenvalue weighted by atomic mass is 16.3. The summed E-state index contributed by atoms with van der Waals surface area (Å²) in [5.41, 5.74) is 3.73. The molecule has 0 amide bonds. The van der Waals surface area contributed by atoms with Crippen molar-refractivity contribution in [2.24, 2.45) is 0 Å². The van der Waals surface area contributed by atoms with Gasteiger partial charge in [-0.15, -0.1) is 0 Å². The van der Waals surface area contributed by atoms with Crippen molar-refractivity contribution in [3.05, 3.63) is 70.8 Å². The topological polar surface area (TPSA) is 40.5 Å². The van der Waals surface area contributed by atoms with Gasteiger partial charge >= 0.3 is 0 Å². The molecule has 0 aliphatic heterocycles. The fourth-order valence-corrected chi connectivity index (χ4v) is 1.89. The van der Waals surface area contributed by atoms with Crippen molar-refractivity contribution in [1.29, 1.82) is 0 Å². The third kappa shape index (κ3) is 2.78. The van der Waals surface area contributed by atoms with E-state index >= 15 is 0 Å². The first-order valence-electron chi connectivity index (χ1n) is 6.07. The molecule has 0 saturated carbocycles. The van der Waals surface area contributed by atoms with Crippen LogP contribution in [0.1, 0.15) is 34.5 Å². The van der Waals surface area contributed by atoms with Gasteiger partial charge < -0.3 is 10.2 Å². The maximum absolute atomic E-state index is 10.2. The second-order valence-electron chi connectivity index (χ2n) is 4.71. The monoisotopic (exact) mass is 242 g/mol. The predicted octanol–water partition coefficient (Wildman–Crippen LogP) is 3.07. The van der Waals surface area contributed by atoms with Gasteiger partial charge in [0.15, 0.2) is 0 Å². The molecule has 2 nitrogen and oxygen atoms in total. The van der Waals surface area contributed by atoms with Gasteiger partial charge in [-0.2, -0.15) is 0 Å². The van der Waals surface area contributed by atoms with Crippen LogP contribution >= 0.6 is 0 Å². The predicted molar refractivity (Wildman–Crippen MR) is 72.3 cm³/mol. The Morgan fingerprint density at radius 3 is 1.17 bits per heavy atom. The van der Waals surface area contributed by atoms with Crippen LogP contribution < -0.4 is 0 Å². The van der Waals surface area contributed by atoms with E-state index in [-0.39, 0.29) is 0 Å². The third-order valence-corrected chi connectivity index (χ3v) is 3.14. The second kappa shape index (κ2) is 5.34. The van der Waals surface area contributed by atoms with Crippen molar-refractivity contribution < 1.29 is 10.2 Å². The number of hydrogen-bond acceptors (Lipinski definition) is 2. The van der Waals surface area contributed by atoms with Gasteiger partial charge in [-0.25, -0.2) is 0 Å². The van der Waals surface area contributed by atoms with Crippen LogP contribution in [0.3, 0.4) is 0 Å². The number of aliphatic hydroxyl groups excluding tert-OH is 2. The second-order valence-corrected chi connectivity index (χ2v) is 4.71. The zero-order valence-corrected chi connectivity index (χ0v) is 10.7. The number of aliphatic hydroxyl groups is 2. The number of hydrogen-bond donors (Lipinski definition) is 2. The quantitative estimate of drug-likeness (QED) is 0.868. The first-order chi connectivity index (χ1) is 8.58. The summed E-state index contributed by atoms with van der Waals surface area (Å²) in [4.78, 5) is 0. The molecular formula is C16H18O2. The van der Waals surface area contributed by atoms with E-state index in [0.29, 0.717) is 0 Å². The van der Waals surface area contributed by atoms with E-state index < -0.39 is 12.2 Å². The van der Waals surface area contributed by atoms with Gasteiger partial charge in [0.25, 0.3) is 0 Å². The first kappa shape index (κ1) is 12.8. The van der Waals surface area contributed by atoms with Gasteiger partial charge in [0.2, 0.25) is 0 Å². The molecule has 0 aromatic heterocycles. The van der Waals surface area contributed by atoms with E-state index in [1.807, 2.05) is 62.4 Å². The van der Waals surface area contributed by atoms with E-state index in [2.05, 4.69) is 0 Å². The lowest BCUT2D eigenvalue weighted by Gasteiger charge is -2.19. The van der Waals surface area contributed by atoms with Crippen molar-refractivity contribution in [1.82, 2.24) is 0 Å². The molecule has 0 bridgehead atoms. The lowest BCUT2D eigenvalue weighted by Crippen LogP contribution is -2.10. The lowest BCUT2D eigenvalue weighted by atomic mass is 9.97. The van der Waals surface area contributed by atoms with Gasteiger partial charge in [0.1, 0.15) is 12.2 Å². The Morgan fingerprint density at radius 1 is 0.611 bits per heavy atom. The zero-order chi connectivity index (χ0) is 13.1. The van der Waals surface area contributed by atoms with Gasteiger partial charge in [-0.05, 0) is 25.0 Å². The minimum Gasteiger partial charge on any atom is -0.385 e. The first-order valence-corrected chi connectivity index (χ1v) is 6.07. The van der Waals surface area contributed by atoms with Crippen LogP contribution in [0.4, 0.5) is 0 Å². The van der Waals surface area contributed by atoms with Gasteiger partial charge in [-0.3, -0.25) is 0 Å². The summed E-state index contributed by atoms with van der Waals surface area (Å²) in [6.07, 6.45) is -1.79. The minimum atomic E-state index is -0.895. The standard InChI is InChI=1S/C16H18O2/c1-11-3-7-13(8-4-11)15(17)16(18)14-9-5-12(2)6-10-14/h3-10,15-18H,1-2H3/t15-,16-/m1/s1. The van der Waals surface area contributed by atoms with Crippen molar-refractivity contribution in [2.75, 3.05) is 0 Å². The van der Waals surface area contributed by atoms with Crippen LogP contribution in [-0.4, -0.2) is 10.2 Å². The smallest absolute Gasteiger partial charge is 0.109 e. The maximum atomic E-state index is 10.2. The summed E-state index contributed by atoms with van der Waals surface area (Å²) in [5, 5.41) is 20.3. The average Bonchev–Trinajstić information content (AvgIpc) is 2.39. The summed E-state index contributed by atoms with van der Waals surface area (Å²) in [7, 11) is 0. The third-order valence-electron chi connectivity index (χ3n) is 3.14. The van der Waals surface area contributed by atoms with E-state index in [9.17, 15) is 10.2 Å². The van der Waals surface area contributed by atoms with Crippen molar-refractivity contribution >= 4 is 0 Å². The van der Waals surface area contributed by atoms with Crippen LogP contribution in [0.2, 0.25) is 0 Å². The highest BCUT2D eigenvalue weighted by Gasteiger charge is 2.19. The van der Waals surface area contributed by atoms with Gasteiger partial charge in [0, 0.05) is 0 Å². The molecule has 2 aromatic carbocycles. The number of rotatable bonds is 3. The molecule has 0 unspecified atom stereocenters. The van der Waals surface area contributed by atoms with E-state index in [1.54, 1.807) is 0 Å². The molecule has 2 rings (SSSR count). The van der Waals surface area contributed by atoms with Gasteiger partial charge in [-0.1, -0.05) is 59.7 Å². The maximum Gasteiger partial charge on any atom is 0.109 e. The number of benzene rings is 2. The molecule has 2 aromatic rings. The average molecular weight is 242 g/mol. The van der Waals surface area contributed by atoms with E-state index in [0.717, 1.165) is 22.3 Å². The molecule has 0 heterocycles. The number of aryl methyl sites for hydroxylation is 2. The molecule has 0 spiro atoms. The summed E-state index contributed by atoms with van der Waals surface area (Å²) in [6, 6.07) is 15.1. The summed E-state index contributed by atoms with van der Waals surface area (Å²) >= 11 is 0. The Kier molecular flexibility index (Phi) is 3.80. The largest absolute Gasteiger partial charge is 0.385 e. The minimum absolute atomic E-state index is 0.730. The molecular weight excluding hydrogens is 224 g/mol. The summed E-state index contributed by atoms with van der Waals surface area (Å²) < 4.78 is 0. The highest BCUT2D eigenvalue weighted by Crippen LogP contribution is 2.28. The summed E-state index contributed by atoms with van der Waals surface area (Å²) in [5.74, 6) is 0. The van der Waals surface area contributed by atoms with Crippen molar-refractivity contribution in [3.63, 3.8) is 0 Å². The Balaban J connectivity index is 2.20. The molecule has 2 heteroatoms. The molecule has 0 radical (unpaired) electrons. The van der Waals surface area contributed by atoms with Crippen LogP contribution in [0.15, 0.2) is 48.5 Å². The molecule has 0 saturated heterocycles. The zero-order valence-electron chi connectivity index (χ0n) is 10.7. The van der Waals surface area contributed by atoms with Crippen LogP contribution in [-0.2, 0) is 0 Å². The molecule has 2 N–H and O–H groups in total. The van der Waals surface area contributed by atoms with E-state index in [1.165, 1.54) is 0 Å². The molecule has 94 valence electrons. The molecule has 0 fully saturated rings. The molecule has 0 aliphatic rings. The Labute approximate surface area is 108 Å². The fourth-order valence-electron chi connectivity index (χ4n) is 1.89. The van der Waals surface area contributed by atoms with Crippen molar-refractivity contribution in [2.45, 2.75) is 26.1 Å². The Bertz CT molecular complexity index is 450. The van der Waals surface area contributed by atoms with Gasteiger partial charge in [0.05, 0.1) is 0 Å². The Hall–Kier alpha value is -1.64. The molecule has 2 atom stereocenters. The lowest BCUT2D eigenvalue weighted by molar-refractivity contribution is 0.0172. The van der Waals surface area contributed by atoms with Crippen molar-refractivity contribution in [3.8, 4) is 0 Å².